The zero-order valence-electron chi connectivity index (χ0n) is 10.7. The van der Waals surface area contributed by atoms with Crippen molar-refractivity contribution in [2.45, 2.75) is 33.1 Å². The van der Waals surface area contributed by atoms with E-state index in [9.17, 15) is 4.79 Å². The SMILES string of the molecule is CC(=O)c1ccc2c(C(C)(C)C)cncc2c1. The van der Waals surface area contributed by atoms with Crippen molar-refractivity contribution < 1.29 is 4.79 Å². The first kappa shape index (κ1) is 11.8. The summed E-state index contributed by atoms with van der Waals surface area (Å²) in [7, 11) is 0. The number of ketones is 1. The highest BCUT2D eigenvalue weighted by Crippen LogP contribution is 2.29. The van der Waals surface area contributed by atoms with E-state index < -0.39 is 0 Å². The van der Waals surface area contributed by atoms with Gasteiger partial charge in [0, 0.05) is 23.3 Å². The van der Waals surface area contributed by atoms with Crippen molar-refractivity contribution in [2.75, 3.05) is 0 Å². The third kappa shape index (κ3) is 2.21. The van der Waals surface area contributed by atoms with Crippen LogP contribution in [0.5, 0.6) is 0 Å². The largest absolute Gasteiger partial charge is 0.295 e. The van der Waals surface area contributed by atoms with Crippen molar-refractivity contribution in [1.82, 2.24) is 4.98 Å². The van der Waals surface area contributed by atoms with Crippen molar-refractivity contribution in [3.8, 4) is 0 Å². The lowest BCUT2D eigenvalue weighted by molar-refractivity contribution is 0.101. The second-order valence-corrected chi connectivity index (χ2v) is 5.43. The van der Waals surface area contributed by atoms with Crippen LogP contribution in [0, 0.1) is 0 Å². The fourth-order valence-corrected chi connectivity index (χ4v) is 1.99. The van der Waals surface area contributed by atoms with Gasteiger partial charge in [0.15, 0.2) is 5.78 Å². The predicted octanol–water partition coefficient (Wildman–Crippen LogP) is 3.73. The number of carbonyl (C=O) groups is 1. The third-order valence-electron chi connectivity index (χ3n) is 2.97. The van der Waals surface area contributed by atoms with Gasteiger partial charge in [-0.05, 0) is 29.4 Å². The molecule has 0 spiro atoms. The summed E-state index contributed by atoms with van der Waals surface area (Å²) in [6, 6.07) is 5.83. The standard InChI is InChI=1S/C15H17NO/c1-10(17)11-5-6-13-12(7-11)8-16-9-14(13)15(2,3)4/h5-9H,1-4H3. The van der Waals surface area contributed by atoms with E-state index in [-0.39, 0.29) is 11.2 Å². The first-order chi connectivity index (χ1) is 7.89. The highest BCUT2D eigenvalue weighted by atomic mass is 16.1. The lowest BCUT2D eigenvalue weighted by Crippen LogP contribution is -2.12. The number of hydrogen-bond acceptors (Lipinski definition) is 2. The van der Waals surface area contributed by atoms with Crippen LogP contribution in [0.25, 0.3) is 10.8 Å². The summed E-state index contributed by atoms with van der Waals surface area (Å²) in [6.07, 6.45) is 3.73. The fraction of sp³-hybridized carbons (Fsp3) is 0.333. The van der Waals surface area contributed by atoms with Gasteiger partial charge in [0.2, 0.25) is 0 Å². The Hall–Kier alpha value is -1.70. The molecule has 0 unspecified atom stereocenters. The number of aromatic nitrogens is 1. The monoisotopic (exact) mass is 227 g/mol. The Kier molecular flexibility index (Phi) is 2.74. The van der Waals surface area contributed by atoms with Crippen molar-refractivity contribution in [3.63, 3.8) is 0 Å². The molecule has 0 aliphatic carbocycles. The Morgan fingerprint density at radius 2 is 1.88 bits per heavy atom. The number of Topliss-reactive ketones (excluding diaryl/α,β-unsaturated/α-hetero) is 1. The van der Waals surface area contributed by atoms with Crippen LogP contribution in [0.15, 0.2) is 30.6 Å². The number of benzene rings is 1. The van der Waals surface area contributed by atoms with E-state index in [0.717, 1.165) is 10.9 Å². The van der Waals surface area contributed by atoms with Crippen LogP contribution >= 0.6 is 0 Å². The van der Waals surface area contributed by atoms with Crippen LogP contribution in [-0.4, -0.2) is 10.8 Å². The maximum absolute atomic E-state index is 11.4. The van der Waals surface area contributed by atoms with E-state index >= 15 is 0 Å². The number of carbonyl (C=O) groups excluding carboxylic acids is 1. The zero-order chi connectivity index (χ0) is 12.6. The molecule has 2 nitrogen and oxygen atoms in total. The minimum Gasteiger partial charge on any atom is -0.295 e. The van der Waals surface area contributed by atoms with Crippen LogP contribution in [0.2, 0.25) is 0 Å². The molecule has 0 N–H and O–H groups in total. The Morgan fingerprint density at radius 1 is 1.18 bits per heavy atom. The van der Waals surface area contributed by atoms with Crippen molar-refractivity contribution in [2.24, 2.45) is 0 Å². The summed E-state index contributed by atoms with van der Waals surface area (Å²) in [6.45, 7) is 8.09. The molecule has 1 aromatic heterocycles. The molecule has 1 heterocycles. The van der Waals surface area contributed by atoms with E-state index in [1.807, 2.05) is 30.6 Å². The molecule has 0 radical (unpaired) electrons. The summed E-state index contributed by atoms with van der Waals surface area (Å²) >= 11 is 0. The van der Waals surface area contributed by atoms with E-state index in [1.54, 1.807) is 6.92 Å². The second kappa shape index (κ2) is 3.95. The molecule has 2 aromatic rings. The van der Waals surface area contributed by atoms with E-state index in [1.165, 1.54) is 10.9 Å². The average Bonchev–Trinajstić information content (AvgIpc) is 2.26. The van der Waals surface area contributed by atoms with Gasteiger partial charge in [0.25, 0.3) is 0 Å². The molecule has 0 amide bonds. The molecule has 0 saturated carbocycles. The zero-order valence-corrected chi connectivity index (χ0v) is 10.7. The summed E-state index contributed by atoms with van der Waals surface area (Å²) in [5, 5.41) is 2.21. The minimum absolute atomic E-state index is 0.0598. The van der Waals surface area contributed by atoms with Gasteiger partial charge in [-0.15, -0.1) is 0 Å². The Bertz CT molecular complexity index is 579. The van der Waals surface area contributed by atoms with E-state index in [0.29, 0.717) is 0 Å². The number of nitrogens with zero attached hydrogens (tertiary/aromatic N) is 1. The minimum atomic E-state index is 0.0598. The normalized spacial score (nSPS) is 11.8. The van der Waals surface area contributed by atoms with Crippen LogP contribution < -0.4 is 0 Å². The molecule has 2 heteroatoms. The lowest BCUT2D eigenvalue weighted by atomic mass is 9.85. The van der Waals surface area contributed by atoms with Crippen LogP contribution in [0.4, 0.5) is 0 Å². The summed E-state index contributed by atoms with van der Waals surface area (Å²) in [5.74, 6) is 0.0908. The number of fused-ring (bicyclic) bond motifs is 1. The summed E-state index contributed by atoms with van der Waals surface area (Å²) in [5.41, 5.74) is 2.01. The molecular formula is C15H17NO. The topological polar surface area (TPSA) is 30.0 Å². The second-order valence-electron chi connectivity index (χ2n) is 5.43. The predicted molar refractivity (Wildman–Crippen MR) is 70.4 cm³/mol. The van der Waals surface area contributed by atoms with Gasteiger partial charge in [-0.3, -0.25) is 9.78 Å². The van der Waals surface area contributed by atoms with E-state index in [4.69, 9.17) is 0 Å². The first-order valence-electron chi connectivity index (χ1n) is 5.79. The van der Waals surface area contributed by atoms with Gasteiger partial charge in [-0.25, -0.2) is 0 Å². The molecular weight excluding hydrogens is 210 g/mol. The number of pyridine rings is 1. The van der Waals surface area contributed by atoms with Gasteiger partial charge in [-0.2, -0.15) is 0 Å². The number of rotatable bonds is 1. The quantitative estimate of drug-likeness (QED) is 0.695. The van der Waals surface area contributed by atoms with Crippen molar-refractivity contribution >= 4 is 16.6 Å². The molecule has 1 aromatic carbocycles. The average molecular weight is 227 g/mol. The Balaban J connectivity index is 2.72. The van der Waals surface area contributed by atoms with Crippen molar-refractivity contribution in [1.29, 1.82) is 0 Å². The van der Waals surface area contributed by atoms with Crippen LogP contribution in [0.1, 0.15) is 43.6 Å². The molecule has 88 valence electrons. The van der Waals surface area contributed by atoms with Gasteiger partial charge >= 0.3 is 0 Å². The van der Waals surface area contributed by atoms with E-state index in [2.05, 4.69) is 25.8 Å². The van der Waals surface area contributed by atoms with Crippen LogP contribution in [0.3, 0.4) is 0 Å². The molecule has 17 heavy (non-hydrogen) atoms. The molecule has 2 rings (SSSR count). The molecule has 0 aliphatic heterocycles. The first-order valence-corrected chi connectivity index (χ1v) is 5.79. The van der Waals surface area contributed by atoms with Gasteiger partial charge in [0.1, 0.15) is 0 Å². The van der Waals surface area contributed by atoms with Crippen molar-refractivity contribution in [3.05, 3.63) is 41.7 Å². The lowest BCUT2D eigenvalue weighted by Gasteiger charge is -2.20. The smallest absolute Gasteiger partial charge is 0.159 e. The van der Waals surface area contributed by atoms with Gasteiger partial charge < -0.3 is 0 Å². The summed E-state index contributed by atoms with van der Waals surface area (Å²) in [4.78, 5) is 15.6. The highest BCUT2D eigenvalue weighted by molar-refractivity contribution is 5.99. The molecule has 0 bridgehead atoms. The molecule has 0 atom stereocenters. The van der Waals surface area contributed by atoms with Gasteiger partial charge in [0.05, 0.1) is 0 Å². The highest BCUT2D eigenvalue weighted by Gasteiger charge is 2.17. The third-order valence-corrected chi connectivity index (χ3v) is 2.97. The maximum Gasteiger partial charge on any atom is 0.159 e. The molecule has 0 fully saturated rings. The molecule has 0 saturated heterocycles. The Morgan fingerprint density at radius 3 is 2.47 bits per heavy atom. The fourth-order valence-electron chi connectivity index (χ4n) is 1.99. The summed E-state index contributed by atoms with van der Waals surface area (Å²) < 4.78 is 0. The maximum atomic E-state index is 11.4. The Labute approximate surface area is 102 Å². The molecule has 0 aliphatic rings. The van der Waals surface area contributed by atoms with Crippen LogP contribution in [-0.2, 0) is 5.41 Å². The number of hydrogen-bond donors (Lipinski definition) is 0. The van der Waals surface area contributed by atoms with Gasteiger partial charge in [-0.1, -0.05) is 32.9 Å².